The maximum atomic E-state index is 10.6. The molecule has 0 saturated carbocycles. The van der Waals surface area contributed by atoms with Crippen molar-refractivity contribution in [3.8, 4) is 11.5 Å². The van der Waals surface area contributed by atoms with Crippen LogP contribution in [-0.2, 0) is 9.59 Å². The van der Waals surface area contributed by atoms with Crippen LogP contribution in [0.15, 0.2) is 48.5 Å². The van der Waals surface area contributed by atoms with Crippen molar-refractivity contribution in [1.82, 2.24) is 0 Å². The Bertz CT molecular complexity index is 736. The van der Waals surface area contributed by atoms with Gasteiger partial charge in [-0.3, -0.25) is 9.59 Å². The topological polar surface area (TPSA) is 89.9 Å². The van der Waals surface area contributed by atoms with Gasteiger partial charge in [0.05, 0.1) is 0 Å². The van der Waals surface area contributed by atoms with E-state index in [-0.39, 0.29) is 17.3 Å². The number of rotatable bonds is 3. The zero-order chi connectivity index (χ0) is 18.1. The minimum Gasteiger partial charge on any atom is -0.478 e. The minimum absolute atomic E-state index is 0.0160. The Kier molecular flexibility index (Phi) is 7.16. The van der Waals surface area contributed by atoms with Crippen molar-refractivity contribution in [2.45, 2.75) is 20.8 Å². The molecule has 24 heavy (non-hydrogen) atoms. The van der Waals surface area contributed by atoms with Gasteiger partial charge in [0.25, 0.3) is 0 Å². The summed E-state index contributed by atoms with van der Waals surface area (Å²) in [5, 5.41) is 8.69. The van der Waals surface area contributed by atoms with Gasteiger partial charge in [-0.25, -0.2) is 4.79 Å². The summed E-state index contributed by atoms with van der Waals surface area (Å²) in [5.41, 5.74) is 1.07. The molecule has 2 aromatic rings. The van der Waals surface area contributed by atoms with Crippen LogP contribution >= 0.6 is 0 Å². The van der Waals surface area contributed by atoms with E-state index in [9.17, 15) is 14.4 Å². The van der Waals surface area contributed by atoms with Gasteiger partial charge in [-0.1, -0.05) is 24.3 Å². The highest BCUT2D eigenvalue weighted by atomic mass is 16.5. The summed E-state index contributed by atoms with van der Waals surface area (Å²) in [6.45, 7) is 4.56. The average Bonchev–Trinajstić information content (AvgIpc) is 2.47. The van der Waals surface area contributed by atoms with Gasteiger partial charge in [0.1, 0.15) is 17.1 Å². The quantitative estimate of drug-likeness (QED) is 0.686. The molecule has 0 heterocycles. The molecule has 0 atom stereocenters. The molecule has 0 fully saturated rings. The summed E-state index contributed by atoms with van der Waals surface area (Å²) in [5.74, 6) is -1.25. The molecular weight excluding hydrogens is 312 g/mol. The van der Waals surface area contributed by atoms with Crippen molar-refractivity contribution in [3.63, 3.8) is 0 Å². The Balaban J connectivity index is 0.000000243. The van der Waals surface area contributed by atoms with Crippen molar-refractivity contribution in [2.75, 3.05) is 0 Å². The summed E-state index contributed by atoms with van der Waals surface area (Å²) < 4.78 is 9.54. The van der Waals surface area contributed by atoms with Gasteiger partial charge in [-0.2, -0.15) is 0 Å². The van der Waals surface area contributed by atoms with E-state index >= 15 is 0 Å². The lowest BCUT2D eigenvalue weighted by molar-refractivity contribution is -0.132. The third-order valence-electron chi connectivity index (χ3n) is 2.62. The fraction of sp³-hybridized carbons (Fsp3) is 0.167. The van der Waals surface area contributed by atoms with Gasteiger partial charge >= 0.3 is 17.9 Å². The number of aryl methyl sites for hydroxylation is 1. The highest BCUT2D eigenvalue weighted by molar-refractivity contribution is 5.91. The molecule has 0 bridgehead atoms. The second kappa shape index (κ2) is 9.09. The number of ether oxygens (including phenoxy) is 2. The van der Waals surface area contributed by atoms with Gasteiger partial charge in [-0.05, 0) is 36.8 Å². The summed E-state index contributed by atoms with van der Waals surface area (Å²) in [6.07, 6.45) is 0. The Labute approximate surface area is 139 Å². The van der Waals surface area contributed by atoms with Crippen LogP contribution in [0.25, 0.3) is 0 Å². The predicted molar refractivity (Wildman–Crippen MR) is 87.2 cm³/mol. The van der Waals surface area contributed by atoms with Crippen molar-refractivity contribution in [1.29, 1.82) is 0 Å². The molecule has 0 aliphatic rings. The zero-order valence-electron chi connectivity index (χ0n) is 13.6. The number of esters is 2. The monoisotopic (exact) mass is 330 g/mol. The smallest absolute Gasteiger partial charge is 0.339 e. The molecule has 0 amide bonds. The van der Waals surface area contributed by atoms with Crippen molar-refractivity contribution >= 4 is 17.9 Å². The van der Waals surface area contributed by atoms with Crippen LogP contribution in [-0.4, -0.2) is 23.0 Å². The highest BCUT2D eigenvalue weighted by Crippen LogP contribution is 2.17. The molecule has 6 nitrogen and oxygen atoms in total. The first-order valence-corrected chi connectivity index (χ1v) is 7.05. The molecule has 1 N–H and O–H groups in total. The minimum atomic E-state index is -1.11. The second-order valence-corrected chi connectivity index (χ2v) is 4.81. The number of carboxylic acid groups (broad SMARTS) is 1. The lowest BCUT2D eigenvalue weighted by atomic mass is 10.2. The molecule has 0 aliphatic carbocycles. The summed E-state index contributed by atoms with van der Waals surface area (Å²) >= 11 is 0. The van der Waals surface area contributed by atoms with Crippen LogP contribution in [0, 0.1) is 6.92 Å². The van der Waals surface area contributed by atoms with Crippen molar-refractivity contribution < 1.29 is 29.0 Å². The Hall–Kier alpha value is -3.15. The van der Waals surface area contributed by atoms with Gasteiger partial charge in [0.2, 0.25) is 0 Å². The van der Waals surface area contributed by atoms with E-state index in [0.29, 0.717) is 5.75 Å². The second-order valence-electron chi connectivity index (χ2n) is 4.81. The number of benzene rings is 2. The first kappa shape index (κ1) is 18.9. The Morgan fingerprint density at radius 2 is 1.50 bits per heavy atom. The summed E-state index contributed by atoms with van der Waals surface area (Å²) in [6, 6.07) is 13.4. The molecule has 6 heteroatoms. The molecule has 0 aromatic heterocycles. The van der Waals surface area contributed by atoms with E-state index in [1.54, 1.807) is 18.2 Å². The van der Waals surface area contributed by atoms with E-state index < -0.39 is 11.9 Å². The molecule has 0 saturated heterocycles. The van der Waals surface area contributed by atoms with Crippen molar-refractivity contribution in [3.05, 3.63) is 59.7 Å². The van der Waals surface area contributed by atoms with Crippen molar-refractivity contribution in [2.24, 2.45) is 0 Å². The van der Waals surface area contributed by atoms with Crippen LogP contribution in [0.2, 0.25) is 0 Å². The van der Waals surface area contributed by atoms with E-state index in [4.69, 9.17) is 9.84 Å². The number of hydrogen-bond acceptors (Lipinski definition) is 5. The van der Waals surface area contributed by atoms with Crippen LogP contribution < -0.4 is 9.47 Å². The number of carbonyl (C=O) groups excluding carboxylic acids is 2. The molecular formula is C18H18O6. The average molecular weight is 330 g/mol. The third kappa shape index (κ3) is 6.74. The van der Waals surface area contributed by atoms with Crippen LogP contribution in [0.1, 0.15) is 29.8 Å². The van der Waals surface area contributed by atoms with E-state index in [2.05, 4.69) is 4.74 Å². The molecule has 0 aliphatic heterocycles. The maximum absolute atomic E-state index is 10.6. The van der Waals surface area contributed by atoms with E-state index in [1.165, 1.54) is 26.0 Å². The van der Waals surface area contributed by atoms with Gasteiger partial charge in [0, 0.05) is 13.8 Å². The molecule has 126 valence electrons. The fourth-order valence-electron chi connectivity index (χ4n) is 1.73. The molecule has 0 spiro atoms. The Morgan fingerprint density at radius 3 is 2.04 bits per heavy atom. The number of aromatic carboxylic acids is 1. The lowest BCUT2D eigenvalue weighted by Gasteiger charge is -2.03. The molecule has 0 unspecified atom stereocenters. The van der Waals surface area contributed by atoms with Gasteiger partial charge in [0.15, 0.2) is 0 Å². The lowest BCUT2D eigenvalue weighted by Crippen LogP contribution is -2.06. The first-order valence-electron chi connectivity index (χ1n) is 7.05. The first-order chi connectivity index (χ1) is 11.3. The summed E-state index contributed by atoms with van der Waals surface area (Å²) in [7, 11) is 0. The molecule has 2 aromatic carbocycles. The number of hydrogen-bond donors (Lipinski definition) is 1. The maximum Gasteiger partial charge on any atom is 0.339 e. The molecule has 0 radical (unpaired) electrons. The van der Waals surface area contributed by atoms with Gasteiger partial charge < -0.3 is 14.6 Å². The normalized spacial score (nSPS) is 9.29. The zero-order valence-corrected chi connectivity index (χ0v) is 13.6. The fourth-order valence-corrected chi connectivity index (χ4v) is 1.73. The SMILES string of the molecule is CC(=O)Oc1cccc(C)c1.CC(=O)Oc1ccccc1C(=O)O. The third-order valence-corrected chi connectivity index (χ3v) is 2.62. The van der Waals surface area contributed by atoms with E-state index in [1.807, 2.05) is 25.1 Å². The van der Waals surface area contributed by atoms with Crippen LogP contribution in [0.3, 0.4) is 0 Å². The highest BCUT2D eigenvalue weighted by Gasteiger charge is 2.10. The van der Waals surface area contributed by atoms with Crippen LogP contribution in [0.4, 0.5) is 0 Å². The number of carboxylic acids is 1. The van der Waals surface area contributed by atoms with Gasteiger partial charge in [-0.15, -0.1) is 0 Å². The Morgan fingerprint density at radius 1 is 0.875 bits per heavy atom. The standard InChI is InChI=1S/C9H8O4.C9H10O2/c1-6(10)13-8-5-3-2-4-7(8)9(11)12;1-7-4-3-5-9(6-7)11-8(2)10/h2-5H,1H3,(H,11,12);3-6H,1-2H3. The molecule has 2 rings (SSSR count). The van der Waals surface area contributed by atoms with E-state index in [0.717, 1.165) is 5.56 Å². The van der Waals surface area contributed by atoms with Crippen LogP contribution in [0.5, 0.6) is 11.5 Å². The number of para-hydroxylation sites is 1. The number of carbonyl (C=O) groups is 3. The summed E-state index contributed by atoms with van der Waals surface area (Å²) in [4.78, 5) is 31.7. The predicted octanol–water partition coefficient (Wildman–Crippen LogP) is 3.23. The largest absolute Gasteiger partial charge is 0.478 e.